The number of rotatable bonds is 5. The molecule has 3 heterocycles. The molecule has 152 valence electrons. The number of hydrogen-bond donors (Lipinski definition) is 0. The van der Waals surface area contributed by atoms with E-state index in [2.05, 4.69) is 56.9 Å². The highest BCUT2D eigenvalue weighted by Crippen LogP contribution is 2.17. The summed E-state index contributed by atoms with van der Waals surface area (Å²) in [4.78, 5) is 12.1. The first-order chi connectivity index (χ1) is 14.8. The minimum absolute atomic E-state index is 0.821. The monoisotopic (exact) mass is 398 g/mol. The van der Waals surface area contributed by atoms with Gasteiger partial charge in [-0.25, -0.2) is 9.97 Å². The summed E-state index contributed by atoms with van der Waals surface area (Å²) in [5, 5.41) is 8.97. The van der Waals surface area contributed by atoms with Gasteiger partial charge in [0.25, 0.3) is 0 Å². The molecule has 0 bridgehead atoms. The summed E-state index contributed by atoms with van der Waals surface area (Å²) >= 11 is 0. The molecule has 0 radical (unpaired) electrons. The first-order valence-electron chi connectivity index (χ1n) is 10.7. The molecule has 4 aromatic rings. The molecule has 1 aliphatic heterocycles. The second-order valence-electron chi connectivity index (χ2n) is 7.94. The first-order valence-corrected chi connectivity index (χ1v) is 10.7. The molecule has 0 fully saturated rings. The van der Waals surface area contributed by atoms with E-state index < -0.39 is 0 Å². The van der Waals surface area contributed by atoms with Crippen molar-refractivity contribution in [3.63, 3.8) is 0 Å². The zero-order chi connectivity index (χ0) is 20.3. The second-order valence-corrected chi connectivity index (χ2v) is 7.94. The predicted octanol–water partition coefficient (Wildman–Crippen LogP) is 3.37. The van der Waals surface area contributed by atoms with Crippen molar-refractivity contribution < 1.29 is 0 Å². The Bertz CT molecular complexity index is 1150. The first kappa shape index (κ1) is 18.9. The number of aromatic nitrogens is 5. The summed E-state index contributed by atoms with van der Waals surface area (Å²) in [5.74, 6) is 2.19. The van der Waals surface area contributed by atoms with Gasteiger partial charge in [-0.15, -0.1) is 10.2 Å². The summed E-state index contributed by atoms with van der Waals surface area (Å²) in [6.07, 6.45) is 2.83. The normalized spacial score (nSPS) is 14.6. The minimum atomic E-state index is 0.821. The van der Waals surface area contributed by atoms with Gasteiger partial charge < -0.3 is 4.57 Å². The van der Waals surface area contributed by atoms with Crippen molar-refractivity contribution in [3.8, 4) is 0 Å². The number of benzene rings is 2. The highest BCUT2D eigenvalue weighted by atomic mass is 15.3. The molecular formula is C24H26N6. The molecule has 5 rings (SSSR count). The van der Waals surface area contributed by atoms with Crippen molar-refractivity contribution in [2.45, 2.75) is 39.3 Å². The maximum absolute atomic E-state index is 4.88. The van der Waals surface area contributed by atoms with Crippen LogP contribution >= 0.6 is 0 Å². The molecule has 2 aromatic carbocycles. The molecule has 30 heavy (non-hydrogen) atoms. The molecule has 0 aliphatic carbocycles. The number of fused-ring (bicyclic) bond motifs is 2. The van der Waals surface area contributed by atoms with E-state index in [0.717, 1.165) is 79.5 Å². The van der Waals surface area contributed by atoms with E-state index in [9.17, 15) is 0 Å². The molecule has 0 unspecified atom stereocenters. The van der Waals surface area contributed by atoms with Crippen LogP contribution in [0.25, 0.3) is 11.0 Å². The van der Waals surface area contributed by atoms with E-state index in [-0.39, 0.29) is 0 Å². The van der Waals surface area contributed by atoms with Crippen LogP contribution in [0.15, 0.2) is 54.6 Å². The Kier molecular flexibility index (Phi) is 5.24. The lowest BCUT2D eigenvalue weighted by molar-refractivity contribution is 0.266. The lowest BCUT2D eigenvalue weighted by Crippen LogP contribution is -2.27. The van der Waals surface area contributed by atoms with Gasteiger partial charge in [0, 0.05) is 39.0 Å². The van der Waals surface area contributed by atoms with E-state index >= 15 is 0 Å². The standard InChI is InChI=1S/C24H26N6/c1-18-22(26-21-10-6-5-9-20(21)25-18)17-29-14-13-24-28-27-23(30(24)16-15-29)12-11-19-7-3-2-4-8-19/h2-10H,11-17H2,1H3. The van der Waals surface area contributed by atoms with Gasteiger partial charge in [0.05, 0.1) is 22.4 Å². The molecule has 2 aromatic heterocycles. The average Bonchev–Trinajstić information content (AvgIpc) is 3.05. The highest BCUT2D eigenvalue weighted by molar-refractivity contribution is 5.74. The van der Waals surface area contributed by atoms with Crippen LogP contribution in [0.2, 0.25) is 0 Å². The Morgan fingerprint density at radius 2 is 1.57 bits per heavy atom. The summed E-state index contributed by atoms with van der Waals surface area (Å²) in [6, 6.07) is 18.7. The molecule has 1 aliphatic rings. The molecule has 6 nitrogen and oxygen atoms in total. The lowest BCUT2D eigenvalue weighted by atomic mass is 10.1. The fourth-order valence-electron chi connectivity index (χ4n) is 4.16. The van der Waals surface area contributed by atoms with Gasteiger partial charge in [-0.2, -0.15) is 0 Å². The summed E-state index contributed by atoms with van der Waals surface area (Å²) in [6.45, 7) is 5.74. The van der Waals surface area contributed by atoms with E-state index in [1.165, 1.54) is 5.56 Å². The third-order valence-corrected chi connectivity index (χ3v) is 5.89. The van der Waals surface area contributed by atoms with Gasteiger partial charge in [0.1, 0.15) is 11.6 Å². The largest absolute Gasteiger partial charge is 0.314 e. The molecule has 0 saturated heterocycles. The Morgan fingerprint density at radius 1 is 0.800 bits per heavy atom. The minimum Gasteiger partial charge on any atom is -0.314 e. The van der Waals surface area contributed by atoms with Crippen molar-refractivity contribution in [1.82, 2.24) is 29.6 Å². The van der Waals surface area contributed by atoms with E-state index in [0.29, 0.717) is 0 Å². The fraction of sp³-hybridized carbons (Fsp3) is 0.333. The van der Waals surface area contributed by atoms with Crippen LogP contribution in [-0.4, -0.2) is 42.7 Å². The maximum Gasteiger partial charge on any atom is 0.134 e. The topological polar surface area (TPSA) is 59.7 Å². The predicted molar refractivity (Wildman–Crippen MR) is 117 cm³/mol. The van der Waals surface area contributed by atoms with Gasteiger partial charge in [0.15, 0.2) is 0 Å². The Hall–Kier alpha value is -3.12. The van der Waals surface area contributed by atoms with Gasteiger partial charge >= 0.3 is 0 Å². The Balaban J connectivity index is 1.27. The molecule has 0 amide bonds. The van der Waals surface area contributed by atoms with Crippen LogP contribution in [0, 0.1) is 6.92 Å². The van der Waals surface area contributed by atoms with Crippen molar-refractivity contribution in [2.75, 3.05) is 13.1 Å². The molecule has 6 heteroatoms. The van der Waals surface area contributed by atoms with Gasteiger partial charge in [-0.3, -0.25) is 4.90 Å². The second kappa shape index (κ2) is 8.32. The molecular weight excluding hydrogens is 372 g/mol. The summed E-state index contributed by atoms with van der Waals surface area (Å²) < 4.78 is 2.32. The summed E-state index contributed by atoms with van der Waals surface area (Å²) in [7, 11) is 0. The smallest absolute Gasteiger partial charge is 0.134 e. The molecule has 0 spiro atoms. The number of nitrogens with zero attached hydrogens (tertiary/aromatic N) is 6. The van der Waals surface area contributed by atoms with Crippen molar-refractivity contribution in [2.24, 2.45) is 0 Å². The van der Waals surface area contributed by atoms with Crippen LogP contribution in [-0.2, 0) is 32.4 Å². The van der Waals surface area contributed by atoms with Crippen molar-refractivity contribution in [1.29, 1.82) is 0 Å². The highest BCUT2D eigenvalue weighted by Gasteiger charge is 2.20. The van der Waals surface area contributed by atoms with Crippen LogP contribution < -0.4 is 0 Å². The number of aryl methyl sites for hydroxylation is 3. The van der Waals surface area contributed by atoms with Crippen LogP contribution in [0.4, 0.5) is 0 Å². The van der Waals surface area contributed by atoms with Crippen molar-refractivity contribution in [3.05, 3.63) is 83.2 Å². The number of hydrogen-bond acceptors (Lipinski definition) is 5. The SMILES string of the molecule is Cc1nc2ccccc2nc1CN1CCc2nnc(CCc3ccccc3)n2CC1. The van der Waals surface area contributed by atoms with Gasteiger partial charge in [-0.1, -0.05) is 42.5 Å². The van der Waals surface area contributed by atoms with E-state index in [4.69, 9.17) is 9.97 Å². The Labute approximate surface area is 176 Å². The zero-order valence-corrected chi connectivity index (χ0v) is 17.3. The fourth-order valence-corrected chi connectivity index (χ4v) is 4.16. The van der Waals surface area contributed by atoms with Crippen LogP contribution in [0.3, 0.4) is 0 Å². The lowest BCUT2D eigenvalue weighted by Gasteiger charge is -2.20. The zero-order valence-electron chi connectivity index (χ0n) is 17.3. The van der Waals surface area contributed by atoms with Crippen LogP contribution in [0.1, 0.15) is 28.6 Å². The quantitative estimate of drug-likeness (QED) is 0.516. The third kappa shape index (κ3) is 3.96. The third-order valence-electron chi connectivity index (χ3n) is 5.89. The van der Waals surface area contributed by atoms with Gasteiger partial charge in [0.2, 0.25) is 0 Å². The maximum atomic E-state index is 4.88. The van der Waals surface area contributed by atoms with E-state index in [1.807, 2.05) is 24.3 Å². The molecule has 0 N–H and O–H groups in total. The number of para-hydroxylation sites is 2. The van der Waals surface area contributed by atoms with Gasteiger partial charge in [-0.05, 0) is 31.0 Å². The Morgan fingerprint density at radius 3 is 2.40 bits per heavy atom. The summed E-state index contributed by atoms with van der Waals surface area (Å²) in [5.41, 5.74) is 5.35. The molecule has 0 atom stereocenters. The van der Waals surface area contributed by atoms with Crippen LogP contribution in [0.5, 0.6) is 0 Å². The average molecular weight is 399 g/mol. The molecule has 0 saturated carbocycles. The van der Waals surface area contributed by atoms with Crippen molar-refractivity contribution >= 4 is 11.0 Å². The van der Waals surface area contributed by atoms with E-state index in [1.54, 1.807) is 0 Å².